The molecule has 0 saturated heterocycles. The molecule has 5 nitrogen and oxygen atoms in total. The van der Waals surface area contributed by atoms with Gasteiger partial charge in [-0.25, -0.2) is 13.6 Å². The minimum absolute atomic E-state index is 0.100. The van der Waals surface area contributed by atoms with Crippen LogP contribution in [0.25, 0.3) is 0 Å². The van der Waals surface area contributed by atoms with Gasteiger partial charge in [-0.15, -0.1) is 0 Å². The van der Waals surface area contributed by atoms with Gasteiger partial charge < -0.3 is 5.32 Å². The second-order valence-corrected chi connectivity index (χ2v) is 3.83. The third-order valence-corrected chi connectivity index (χ3v) is 2.52. The fraction of sp³-hybridized carbons (Fsp3) is 0.167. The maximum Gasteiger partial charge on any atom is 0.324 e. The summed E-state index contributed by atoms with van der Waals surface area (Å²) >= 11 is 0. The topological polar surface area (TPSA) is 69.8 Å². The average Bonchev–Trinajstić information content (AvgIpc) is 2.80. The van der Waals surface area contributed by atoms with Crippen LogP contribution in [0, 0.1) is 11.6 Å². The first-order chi connectivity index (χ1) is 9.10. The van der Waals surface area contributed by atoms with E-state index < -0.39 is 17.7 Å². The number of aryl methyl sites for hydroxylation is 1. The van der Waals surface area contributed by atoms with E-state index in [-0.39, 0.29) is 5.69 Å². The SMILES string of the molecule is CCc1cn[nH]c1NC(=O)Nc1ccc(F)cc1F. The van der Waals surface area contributed by atoms with E-state index in [4.69, 9.17) is 0 Å². The monoisotopic (exact) mass is 266 g/mol. The van der Waals surface area contributed by atoms with Crippen molar-refractivity contribution >= 4 is 17.5 Å². The molecule has 7 heteroatoms. The van der Waals surface area contributed by atoms with Gasteiger partial charge in [0.1, 0.15) is 17.5 Å². The minimum Gasteiger partial charge on any atom is -0.305 e. The fourth-order valence-corrected chi connectivity index (χ4v) is 1.55. The number of nitrogens with one attached hydrogen (secondary N) is 3. The van der Waals surface area contributed by atoms with E-state index in [0.717, 1.165) is 17.7 Å². The standard InChI is InChI=1S/C12H12F2N4O/c1-2-7-6-15-18-11(7)17-12(19)16-10-4-3-8(13)5-9(10)14/h3-6H,2H2,1H3,(H3,15,16,17,18,19). The summed E-state index contributed by atoms with van der Waals surface area (Å²) in [6.45, 7) is 1.91. The van der Waals surface area contributed by atoms with Gasteiger partial charge in [-0.2, -0.15) is 5.10 Å². The number of aromatic nitrogens is 2. The molecule has 19 heavy (non-hydrogen) atoms. The van der Waals surface area contributed by atoms with Crippen molar-refractivity contribution in [3.8, 4) is 0 Å². The number of aromatic amines is 1. The van der Waals surface area contributed by atoms with Gasteiger partial charge in [0.15, 0.2) is 0 Å². The molecule has 0 fully saturated rings. The van der Waals surface area contributed by atoms with Crippen LogP contribution in [0.3, 0.4) is 0 Å². The molecule has 0 saturated carbocycles. The maximum atomic E-state index is 13.3. The Morgan fingerprint density at radius 1 is 1.37 bits per heavy atom. The first kappa shape index (κ1) is 13.0. The lowest BCUT2D eigenvalue weighted by atomic mass is 10.2. The summed E-state index contributed by atoms with van der Waals surface area (Å²) in [7, 11) is 0. The number of benzene rings is 1. The van der Waals surface area contributed by atoms with Crippen LogP contribution in [0.15, 0.2) is 24.4 Å². The van der Waals surface area contributed by atoms with Crippen molar-refractivity contribution in [1.29, 1.82) is 0 Å². The van der Waals surface area contributed by atoms with Crippen LogP contribution >= 0.6 is 0 Å². The molecular formula is C12H12F2N4O. The van der Waals surface area contributed by atoms with Crippen LogP contribution in [0.1, 0.15) is 12.5 Å². The first-order valence-corrected chi connectivity index (χ1v) is 5.65. The molecule has 0 atom stereocenters. The Morgan fingerprint density at radius 3 is 2.84 bits per heavy atom. The van der Waals surface area contributed by atoms with Gasteiger partial charge >= 0.3 is 6.03 Å². The number of rotatable bonds is 3. The molecule has 3 N–H and O–H groups in total. The van der Waals surface area contributed by atoms with E-state index in [0.29, 0.717) is 18.3 Å². The van der Waals surface area contributed by atoms with Crippen LogP contribution in [-0.2, 0) is 6.42 Å². The number of carbonyl (C=O) groups is 1. The maximum absolute atomic E-state index is 13.3. The van der Waals surface area contributed by atoms with Gasteiger partial charge in [0.05, 0.1) is 11.9 Å². The molecule has 2 amide bonds. The highest BCUT2D eigenvalue weighted by Gasteiger charge is 2.10. The lowest BCUT2D eigenvalue weighted by Crippen LogP contribution is -2.21. The molecule has 0 unspecified atom stereocenters. The van der Waals surface area contributed by atoms with E-state index in [9.17, 15) is 13.6 Å². The summed E-state index contributed by atoms with van der Waals surface area (Å²) in [6.07, 6.45) is 2.28. The zero-order valence-corrected chi connectivity index (χ0v) is 10.1. The average molecular weight is 266 g/mol. The normalized spacial score (nSPS) is 10.3. The van der Waals surface area contributed by atoms with Gasteiger partial charge in [-0.1, -0.05) is 6.92 Å². The number of hydrogen-bond acceptors (Lipinski definition) is 2. The predicted molar refractivity (Wildman–Crippen MR) is 67.0 cm³/mol. The molecule has 1 heterocycles. The van der Waals surface area contributed by atoms with E-state index in [1.807, 2.05) is 6.92 Å². The van der Waals surface area contributed by atoms with Crippen LogP contribution in [-0.4, -0.2) is 16.2 Å². The molecule has 0 aliphatic heterocycles. The van der Waals surface area contributed by atoms with E-state index in [1.165, 1.54) is 0 Å². The Kier molecular flexibility index (Phi) is 3.74. The molecule has 1 aromatic carbocycles. The molecule has 0 spiro atoms. The quantitative estimate of drug-likeness (QED) is 0.799. The Labute approximate surface area is 108 Å². The molecule has 2 aromatic rings. The summed E-state index contributed by atoms with van der Waals surface area (Å²) in [6, 6.07) is 2.28. The summed E-state index contributed by atoms with van der Waals surface area (Å²) in [4.78, 5) is 11.7. The number of hydrogen-bond donors (Lipinski definition) is 3. The Bertz CT molecular complexity index is 597. The number of H-pyrrole nitrogens is 1. The van der Waals surface area contributed by atoms with Crippen LogP contribution < -0.4 is 10.6 Å². The number of nitrogens with zero attached hydrogens (tertiary/aromatic N) is 1. The highest BCUT2D eigenvalue weighted by molar-refractivity contribution is 5.99. The molecule has 0 aliphatic carbocycles. The van der Waals surface area contributed by atoms with Gasteiger partial charge in [0, 0.05) is 11.6 Å². The van der Waals surface area contributed by atoms with Crippen molar-refractivity contribution < 1.29 is 13.6 Å². The molecule has 100 valence electrons. The third-order valence-electron chi connectivity index (χ3n) is 2.52. The highest BCUT2D eigenvalue weighted by atomic mass is 19.1. The molecule has 0 radical (unpaired) electrons. The van der Waals surface area contributed by atoms with Crippen molar-refractivity contribution in [2.75, 3.05) is 10.6 Å². The Hall–Kier alpha value is -2.44. The number of urea groups is 1. The lowest BCUT2D eigenvalue weighted by Gasteiger charge is -2.08. The summed E-state index contributed by atoms with van der Waals surface area (Å²) < 4.78 is 26.0. The number of carbonyl (C=O) groups excluding carboxylic acids is 1. The van der Waals surface area contributed by atoms with Crippen molar-refractivity contribution in [3.63, 3.8) is 0 Å². The molecule has 1 aromatic heterocycles. The largest absolute Gasteiger partial charge is 0.324 e. The first-order valence-electron chi connectivity index (χ1n) is 5.65. The smallest absolute Gasteiger partial charge is 0.305 e. The molecule has 0 bridgehead atoms. The number of halogens is 2. The zero-order valence-electron chi connectivity index (χ0n) is 10.1. The van der Waals surface area contributed by atoms with Crippen LogP contribution in [0.2, 0.25) is 0 Å². The van der Waals surface area contributed by atoms with Gasteiger partial charge in [-0.3, -0.25) is 10.4 Å². The summed E-state index contributed by atoms with van der Waals surface area (Å²) in [5, 5.41) is 11.2. The van der Waals surface area contributed by atoms with Crippen molar-refractivity contribution in [2.45, 2.75) is 13.3 Å². The fourth-order valence-electron chi connectivity index (χ4n) is 1.55. The predicted octanol–water partition coefficient (Wildman–Crippen LogP) is 2.89. The summed E-state index contributed by atoms with van der Waals surface area (Å²) in [5.41, 5.74) is 0.728. The second kappa shape index (κ2) is 5.47. The highest BCUT2D eigenvalue weighted by Crippen LogP contribution is 2.16. The minimum atomic E-state index is -0.838. The molecule has 0 aliphatic rings. The van der Waals surface area contributed by atoms with Crippen molar-refractivity contribution in [1.82, 2.24) is 10.2 Å². The van der Waals surface area contributed by atoms with Crippen LogP contribution in [0.4, 0.5) is 25.1 Å². The number of amides is 2. The molecule has 2 rings (SSSR count). The van der Waals surface area contributed by atoms with Gasteiger partial charge in [0.2, 0.25) is 0 Å². The van der Waals surface area contributed by atoms with Gasteiger partial charge in [0.25, 0.3) is 0 Å². The van der Waals surface area contributed by atoms with E-state index in [1.54, 1.807) is 6.20 Å². The van der Waals surface area contributed by atoms with Crippen LogP contribution in [0.5, 0.6) is 0 Å². The number of anilines is 2. The Balaban J connectivity index is 2.05. The zero-order chi connectivity index (χ0) is 13.8. The Morgan fingerprint density at radius 2 is 2.16 bits per heavy atom. The summed E-state index contributed by atoms with van der Waals surface area (Å²) in [5.74, 6) is -1.09. The third kappa shape index (κ3) is 3.06. The lowest BCUT2D eigenvalue weighted by molar-refractivity contribution is 0.262. The van der Waals surface area contributed by atoms with E-state index in [2.05, 4.69) is 20.8 Å². The second-order valence-electron chi connectivity index (χ2n) is 3.83. The van der Waals surface area contributed by atoms with E-state index >= 15 is 0 Å². The van der Waals surface area contributed by atoms with Crippen molar-refractivity contribution in [3.05, 3.63) is 41.6 Å². The van der Waals surface area contributed by atoms with Gasteiger partial charge in [-0.05, 0) is 18.6 Å². The molecular weight excluding hydrogens is 254 g/mol. The van der Waals surface area contributed by atoms with Crippen molar-refractivity contribution in [2.24, 2.45) is 0 Å².